The van der Waals surface area contributed by atoms with Gasteiger partial charge in [-0.15, -0.1) is 0 Å². The van der Waals surface area contributed by atoms with Crippen molar-refractivity contribution >= 4 is 24.0 Å². The lowest BCUT2D eigenvalue weighted by atomic mass is 9.98. The molecule has 1 atom stereocenters. The molecule has 9 nitrogen and oxygen atoms in total. The van der Waals surface area contributed by atoms with Gasteiger partial charge in [0.2, 0.25) is 5.96 Å². The van der Waals surface area contributed by atoms with Crippen molar-refractivity contribution in [1.29, 1.82) is 0 Å². The third-order valence-electron chi connectivity index (χ3n) is 6.00. The number of carbonyl (C=O) groups is 1. The zero-order valence-corrected chi connectivity index (χ0v) is 20.0. The van der Waals surface area contributed by atoms with Crippen LogP contribution in [0.1, 0.15) is 27.9 Å². The van der Waals surface area contributed by atoms with Crippen LogP contribution in [0.5, 0.6) is 5.75 Å². The second-order valence-corrected chi connectivity index (χ2v) is 8.45. The summed E-state index contributed by atoms with van der Waals surface area (Å²) in [5, 5.41) is 3.14. The van der Waals surface area contributed by atoms with Gasteiger partial charge in [-0.3, -0.25) is 9.89 Å². The molecule has 1 fully saturated rings. The average molecular weight is 484 g/mol. The van der Waals surface area contributed by atoms with Crippen LogP contribution in [0.25, 0.3) is 0 Å². The lowest BCUT2D eigenvalue weighted by Crippen LogP contribution is -2.35. The number of rotatable bonds is 8. The molecule has 2 aliphatic rings. The van der Waals surface area contributed by atoms with E-state index in [0.717, 1.165) is 38.4 Å². The molecule has 1 unspecified atom stereocenters. The Kier molecular flexibility index (Phi) is 8.38. The van der Waals surface area contributed by atoms with Crippen molar-refractivity contribution in [2.45, 2.75) is 19.4 Å². The number of hydrogen-bond acceptors (Lipinski definition) is 9. The highest BCUT2D eigenvalue weighted by Crippen LogP contribution is 2.25. The van der Waals surface area contributed by atoms with E-state index in [9.17, 15) is 9.18 Å². The first-order chi connectivity index (χ1) is 17.1. The van der Waals surface area contributed by atoms with Gasteiger partial charge in [-0.2, -0.15) is 0 Å². The van der Waals surface area contributed by atoms with E-state index in [2.05, 4.69) is 25.2 Å². The quantitative estimate of drug-likeness (QED) is 0.577. The number of aromatic nitrogens is 1. The predicted octanol–water partition coefficient (Wildman–Crippen LogP) is 2.95. The van der Waals surface area contributed by atoms with Gasteiger partial charge in [-0.1, -0.05) is 6.07 Å². The molecule has 35 heavy (non-hydrogen) atoms. The third kappa shape index (κ3) is 6.61. The van der Waals surface area contributed by atoms with E-state index in [1.165, 1.54) is 26.4 Å². The Balaban J connectivity index is 1.29. The number of guanidine groups is 1. The Morgan fingerprint density at radius 3 is 2.74 bits per heavy atom. The van der Waals surface area contributed by atoms with E-state index in [-0.39, 0.29) is 17.2 Å². The molecule has 1 N–H and O–H groups in total. The smallest absolute Gasteiger partial charge is 0.337 e. The Morgan fingerprint density at radius 1 is 1.26 bits per heavy atom. The number of ether oxygens (including phenoxy) is 3. The van der Waals surface area contributed by atoms with Crippen LogP contribution in [0.2, 0.25) is 0 Å². The number of nitrogens with zero attached hydrogens (tertiary/aromatic N) is 4. The molecular formula is C25H30FN5O4. The number of nitrogens with one attached hydrogen (secondary N) is 1. The summed E-state index contributed by atoms with van der Waals surface area (Å²) in [5.41, 5.74) is 1.80. The highest BCUT2D eigenvalue weighted by atomic mass is 19.1. The van der Waals surface area contributed by atoms with E-state index < -0.39 is 11.8 Å². The van der Waals surface area contributed by atoms with Crippen LogP contribution in [0.3, 0.4) is 0 Å². The fourth-order valence-corrected chi connectivity index (χ4v) is 3.99. The number of morpholine rings is 1. The van der Waals surface area contributed by atoms with Crippen LogP contribution in [0.4, 0.5) is 10.2 Å². The Morgan fingerprint density at radius 2 is 2.09 bits per heavy atom. The standard InChI is InChI=1S/C25H30FN5O4/c1-33-21-12-20(24(32)34-2)11-19(23(21)26)5-3-17-13-28-25(29-14-17)30-22-6-4-18(15-27-22)16-31-7-9-35-10-8-31/h4,6,11-13,15,17H,3,5,7-10,14,16H2,1-2H3,(H,27,29,30). The lowest BCUT2D eigenvalue weighted by Gasteiger charge is -2.26. The fourth-order valence-electron chi connectivity index (χ4n) is 3.99. The molecule has 1 aromatic carbocycles. The minimum absolute atomic E-state index is 0.0215. The Labute approximate surface area is 204 Å². The van der Waals surface area contributed by atoms with Gasteiger partial charge in [0.25, 0.3) is 0 Å². The zero-order chi connectivity index (χ0) is 24.6. The summed E-state index contributed by atoms with van der Waals surface area (Å²) in [5.74, 6) is 0.243. The number of pyridine rings is 1. The fraction of sp³-hybridized carbons (Fsp3) is 0.440. The van der Waals surface area contributed by atoms with Gasteiger partial charge in [0, 0.05) is 38.0 Å². The molecule has 1 aromatic heterocycles. The minimum atomic E-state index is -0.535. The number of halogens is 1. The number of benzene rings is 1. The summed E-state index contributed by atoms with van der Waals surface area (Å²) < 4.78 is 29.9. The molecule has 10 heteroatoms. The van der Waals surface area contributed by atoms with Gasteiger partial charge < -0.3 is 19.5 Å². The number of aryl methyl sites for hydroxylation is 1. The first-order valence-corrected chi connectivity index (χ1v) is 11.6. The molecule has 4 rings (SSSR count). The Bertz CT molecular complexity index is 1080. The second-order valence-electron chi connectivity index (χ2n) is 8.45. The highest BCUT2D eigenvalue weighted by molar-refractivity contribution is 5.99. The van der Waals surface area contributed by atoms with E-state index in [1.807, 2.05) is 24.5 Å². The van der Waals surface area contributed by atoms with E-state index in [0.29, 0.717) is 36.7 Å². The first kappa shape index (κ1) is 24.7. The second kappa shape index (κ2) is 11.9. The maximum Gasteiger partial charge on any atom is 0.337 e. The van der Waals surface area contributed by atoms with Crippen molar-refractivity contribution in [3.8, 4) is 5.75 Å². The summed E-state index contributed by atoms with van der Waals surface area (Å²) in [6, 6.07) is 6.82. The first-order valence-electron chi connectivity index (χ1n) is 11.6. The van der Waals surface area contributed by atoms with Crippen molar-refractivity contribution in [1.82, 2.24) is 9.88 Å². The largest absolute Gasteiger partial charge is 0.494 e. The third-order valence-corrected chi connectivity index (χ3v) is 6.00. The minimum Gasteiger partial charge on any atom is -0.494 e. The SMILES string of the molecule is COC(=O)c1cc(CCC2C=NC(Nc3ccc(CN4CCOCC4)cn3)=NC2)c(F)c(OC)c1. The van der Waals surface area contributed by atoms with Crippen molar-refractivity contribution in [2.24, 2.45) is 15.9 Å². The lowest BCUT2D eigenvalue weighted by molar-refractivity contribution is 0.0341. The summed E-state index contributed by atoms with van der Waals surface area (Å²) in [4.78, 5) is 27.6. The van der Waals surface area contributed by atoms with Crippen molar-refractivity contribution in [3.63, 3.8) is 0 Å². The molecule has 1 saturated heterocycles. The van der Waals surface area contributed by atoms with Crippen LogP contribution >= 0.6 is 0 Å². The van der Waals surface area contributed by atoms with Crippen LogP contribution < -0.4 is 10.1 Å². The van der Waals surface area contributed by atoms with Gasteiger partial charge in [-0.25, -0.2) is 19.2 Å². The summed E-state index contributed by atoms with van der Waals surface area (Å²) in [7, 11) is 2.65. The number of esters is 1. The molecular weight excluding hydrogens is 453 g/mol. The molecule has 186 valence electrons. The van der Waals surface area contributed by atoms with Gasteiger partial charge in [0.15, 0.2) is 11.6 Å². The molecule has 2 aliphatic heterocycles. The highest BCUT2D eigenvalue weighted by Gasteiger charge is 2.18. The number of carbonyl (C=O) groups excluding carboxylic acids is 1. The monoisotopic (exact) mass is 483 g/mol. The summed E-state index contributed by atoms with van der Waals surface area (Å²) >= 11 is 0. The topological polar surface area (TPSA) is 97.6 Å². The summed E-state index contributed by atoms with van der Waals surface area (Å²) in [6.45, 7) is 4.79. The molecule has 0 amide bonds. The van der Waals surface area contributed by atoms with Crippen LogP contribution in [-0.2, 0) is 22.4 Å². The molecule has 0 bridgehead atoms. The average Bonchev–Trinajstić information content (AvgIpc) is 2.90. The predicted molar refractivity (Wildman–Crippen MR) is 131 cm³/mol. The number of anilines is 1. The maximum atomic E-state index is 14.7. The molecule has 0 saturated carbocycles. The zero-order valence-electron chi connectivity index (χ0n) is 20.0. The van der Waals surface area contributed by atoms with Crippen molar-refractivity contribution in [3.05, 3.63) is 53.0 Å². The van der Waals surface area contributed by atoms with Gasteiger partial charge in [0.05, 0.1) is 39.5 Å². The van der Waals surface area contributed by atoms with Crippen LogP contribution in [-0.4, -0.2) is 75.1 Å². The molecule has 0 aliphatic carbocycles. The summed E-state index contributed by atoms with van der Waals surface area (Å²) in [6.07, 6.45) is 4.72. The Hall–Kier alpha value is -3.37. The normalized spacial score (nSPS) is 18.1. The number of methoxy groups -OCH3 is 2. The molecule has 3 heterocycles. The molecule has 0 spiro atoms. The van der Waals surface area contributed by atoms with Crippen molar-refractivity contribution < 1.29 is 23.4 Å². The molecule has 2 aromatic rings. The maximum absolute atomic E-state index is 14.7. The number of hydrogen-bond donors (Lipinski definition) is 1. The van der Waals surface area contributed by atoms with Crippen LogP contribution in [0, 0.1) is 11.7 Å². The van der Waals surface area contributed by atoms with E-state index in [4.69, 9.17) is 14.2 Å². The van der Waals surface area contributed by atoms with E-state index in [1.54, 1.807) is 0 Å². The van der Waals surface area contributed by atoms with Crippen LogP contribution in [0.15, 0.2) is 40.4 Å². The van der Waals surface area contributed by atoms with E-state index >= 15 is 0 Å². The van der Waals surface area contributed by atoms with Crippen molar-refractivity contribution in [2.75, 3.05) is 52.4 Å². The molecule has 0 radical (unpaired) electrons. The van der Waals surface area contributed by atoms with Gasteiger partial charge in [-0.05, 0) is 42.2 Å². The van der Waals surface area contributed by atoms with Gasteiger partial charge >= 0.3 is 5.97 Å². The van der Waals surface area contributed by atoms with Gasteiger partial charge in [0.1, 0.15) is 5.82 Å². The number of aliphatic imine (C=N–C) groups is 2.